The van der Waals surface area contributed by atoms with Crippen LogP contribution in [0.3, 0.4) is 0 Å². The van der Waals surface area contributed by atoms with E-state index in [-0.39, 0.29) is 5.92 Å². The van der Waals surface area contributed by atoms with Crippen molar-refractivity contribution in [3.8, 4) is 0 Å². The zero-order valence-electron chi connectivity index (χ0n) is 9.12. The van der Waals surface area contributed by atoms with Crippen LogP contribution in [0.5, 0.6) is 0 Å². The number of benzene rings is 1. The Morgan fingerprint density at radius 1 is 1.40 bits per heavy atom. The van der Waals surface area contributed by atoms with E-state index in [1.165, 1.54) is 30.4 Å². The molecule has 0 heterocycles. The van der Waals surface area contributed by atoms with Gasteiger partial charge < -0.3 is 0 Å². The van der Waals surface area contributed by atoms with Gasteiger partial charge in [-0.1, -0.05) is 25.1 Å². The SMILES string of the molecule is CCC1C(=O)c2cccc3c2C1CCC3. The molecule has 15 heavy (non-hydrogen) atoms. The molecule has 2 unspecified atom stereocenters. The van der Waals surface area contributed by atoms with E-state index in [9.17, 15) is 4.79 Å². The Hall–Kier alpha value is -1.11. The van der Waals surface area contributed by atoms with Crippen molar-refractivity contribution in [2.45, 2.75) is 38.5 Å². The van der Waals surface area contributed by atoms with E-state index in [2.05, 4.69) is 13.0 Å². The summed E-state index contributed by atoms with van der Waals surface area (Å²) in [5, 5.41) is 0. The largest absolute Gasteiger partial charge is 0.294 e. The first-order valence-corrected chi connectivity index (χ1v) is 5.99. The van der Waals surface area contributed by atoms with Crippen molar-refractivity contribution in [3.63, 3.8) is 0 Å². The van der Waals surface area contributed by atoms with E-state index in [1.807, 2.05) is 12.1 Å². The average molecular weight is 200 g/mol. The second-order valence-electron chi connectivity index (χ2n) is 4.76. The van der Waals surface area contributed by atoms with Crippen LogP contribution in [0.2, 0.25) is 0 Å². The summed E-state index contributed by atoms with van der Waals surface area (Å²) in [7, 11) is 0. The maximum Gasteiger partial charge on any atom is 0.166 e. The van der Waals surface area contributed by atoms with E-state index < -0.39 is 0 Å². The van der Waals surface area contributed by atoms with Gasteiger partial charge in [0.2, 0.25) is 0 Å². The van der Waals surface area contributed by atoms with Crippen LogP contribution in [0.4, 0.5) is 0 Å². The second-order valence-corrected chi connectivity index (χ2v) is 4.76. The minimum absolute atomic E-state index is 0.279. The molecule has 2 aliphatic rings. The van der Waals surface area contributed by atoms with Gasteiger partial charge in [0.15, 0.2) is 5.78 Å². The Morgan fingerprint density at radius 2 is 2.27 bits per heavy atom. The van der Waals surface area contributed by atoms with Crippen LogP contribution in [-0.4, -0.2) is 5.78 Å². The molecular formula is C14H16O. The van der Waals surface area contributed by atoms with Gasteiger partial charge in [0.25, 0.3) is 0 Å². The zero-order chi connectivity index (χ0) is 10.4. The van der Waals surface area contributed by atoms with Gasteiger partial charge in [-0.25, -0.2) is 0 Å². The molecule has 0 fully saturated rings. The zero-order valence-corrected chi connectivity index (χ0v) is 9.12. The minimum atomic E-state index is 0.279. The Morgan fingerprint density at radius 3 is 3.07 bits per heavy atom. The molecule has 0 amide bonds. The molecule has 3 rings (SSSR count). The van der Waals surface area contributed by atoms with Gasteiger partial charge in [-0.2, -0.15) is 0 Å². The number of rotatable bonds is 1. The molecule has 1 heteroatoms. The molecule has 0 N–H and O–H groups in total. The van der Waals surface area contributed by atoms with Crippen molar-refractivity contribution < 1.29 is 4.79 Å². The molecule has 2 aliphatic carbocycles. The highest BCUT2D eigenvalue weighted by Crippen LogP contribution is 2.46. The van der Waals surface area contributed by atoms with E-state index in [0.717, 1.165) is 12.0 Å². The minimum Gasteiger partial charge on any atom is -0.294 e. The summed E-state index contributed by atoms with van der Waals surface area (Å²) in [5.74, 6) is 1.23. The first-order valence-electron chi connectivity index (χ1n) is 5.99. The number of ketones is 1. The molecular weight excluding hydrogens is 184 g/mol. The van der Waals surface area contributed by atoms with Crippen LogP contribution < -0.4 is 0 Å². The number of aryl methyl sites for hydroxylation is 1. The van der Waals surface area contributed by atoms with Crippen LogP contribution in [0.15, 0.2) is 18.2 Å². The highest BCUT2D eigenvalue weighted by Gasteiger charge is 2.40. The number of hydrogen-bond donors (Lipinski definition) is 0. The second kappa shape index (κ2) is 3.19. The Labute approximate surface area is 90.5 Å². The summed E-state index contributed by atoms with van der Waals surface area (Å²) < 4.78 is 0. The van der Waals surface area contributed by atoms with Crippen molar-refractivity contribution in [2.75, 3.05) is 0 Å². The van der Waals surface area contributed by atoms with Gasteiger partial charge in [0.1, 0.15) is 0 Å². The fraction of sp³-hybridized carbons (Fsp3) is 0.500. The highest BCUT2D eigenvalue weighted by atomic mass is 16.1. The average Bonchev–Trinajstić information content (AvgIpc) is 2.55. The third kappa shape index (κ3) is 1.12. The summed E-state index contributed by atoms with van der Waals surface area (Å²) >= 11 is 0. The Balaban J connectivity index is 2.20. The van der Waals surface area contributed by atoms with Crippen LogP contribution in [0.1, 0.15) is 53.6 Å². The van der Waals surface area contributed by atoms with E-state index in [0.29, 0.717) is 11.7 Å². The molecule has 0 bridgehead atoms. The molecule has 1 aromatic carbocycles. The van der Waals surface area contributed by atoms with Crippen molar-refractivity contribution in [2.24, 2.45) is 5.92 Å². The van der Waals surface area contributed by atoms with Crippen molar-refractivity contribution in [1.82, 2.24) is 0 Å². The quantitative estimate of drug-likeness (QED) is 0.679. The molecule has 0 spiro atoms. The third-order valence-electron chi connectivity index (χ3n) is 4.06. The number of Topliss-reactive ketones (excluding diaryl/α,β-unsaturated/α-hetero) is 1. The molecule has 0 radical (unpaired) electrons. The number of carbonyl (C=O) groups excluding carboxylic acids is 1. The standard InChI is InChI=1S/C14H16O/c1-2-10-11-7-3-5-9-6-4-8-12(13(9)11)14(10)15/h4,6,8,10-11H,2-3,5,7H2,1H3. The van der Waals surface area contributed by atoms with Gasteiger partial charge >= 0.3 is 0 Å². The summed E-state index contributed by atoms with van der Waals surface area (Å²) in [4.78, 5) is 12.2. The highest BCUT2D eigenvalue weighted by molar-refractivity contribution is 6.03. The van der Waals surface area contributed by atoms with Crippen LogP contribution in [0, 0.1) is 5.92 Å². The molecule has 0 aromatic heterocycles. The first kappa shape index (κ1) is 9.14. The lowest BCUT2D eigenvalue weighted by molar-refractivity contribution is 0.0917. The van der Waals surface area contributed by atoms with E-state index in [1.54, 1.807) is 0 Å². The van der Waals surface area contributed by atoms with Gasteiger partial charge in [0, 0.05) is 11.5 Å². The predicted octanol–water partition coefficient (Wildman–Crippen LogP) is 3.33. The molecule has 0 aliphatic heterocycles. The van der Waals surface area contributed by atoms with Gasteiger partial charge in [-0.05, 0) is 42.7 Å². The lowest BCUT2D eigenvalue weighted by Crippen LogP contribution is -2.15. The number of carbonyl (C=O) groups is 1. The molecule has 0 saturated carbocycles. The monoisotopic (exact) mass is 200 g/mol. The van der Waals surface area contributed by atoms with E-state index in [4.69, 9.17) is 0 Å². The van der Waals surface area contributed by atoms with Crippen molar-refractivity contribution in [1.29, 1.82) is 0 Å². The lowest BCUT2D eigenvalue weighted by Gasteiger charge is -2.24. The molecule has 0 saturated heterocycles. The van der Waals surface area contributed by atoms with Crippen LogP contribution in [-0.2, 0) is 6.42 Å². The van der Waals surface area contributed by atoms with Gasteiger partial charge in [0.05, 0.1) is 0 Å². The van der Waals surface area contributed by atoms with Gasteiger partial charge in [-0.15, -0.1) is 0 Å². The molecule has 1 aromatic rings. The van der Waals surface area contributed by atoms with E-state index >= 15 is 0 Å². The third-order valence-corrected chi connectivity index (χ3v) is 4.06. The van der Waals surface area contributed by atoms with Crippen LogP contribution in [0.25, 0.3) is 0 Å². The smallest absolute Gasteiger partial charge is 0.166 e. The normalized spacial score (nSPS) is 27.9. The number of hydrogen-bond acceptors (Lipinski definition) is 1. The van der Waals surface area contributed by atoms with Crippen molar-refractivity contribution in [3.05, 3.63) is 34.9 Å². The maximum absolute atomic E-state index is 12.2. The first-order chi connectivity index (χ1) is 7.33. The summed E-state index contributed by atoms with van der Waals surface area (Å²) in [6.45, 7) is 2.14. The topological polar surface area (TPSA) is 17.1 Å². The summed E-state index contributed by atoms with van der Waals surface area (Å²) in [5.41, 5.74) is 3.87. The maximum atomic E-state index is 12.2. The molecule has 2 atom stereocenters. The van der Waals surface area contributed by atoms with Gasteiger partial charge in [-0.3, -0.25) is 4.79 Å². The molecule has 1 nitrogen and oxygen atoms in total. The lowest BCUT2D eigenvalue weighted by atomic mass is 9.79. The fourth-order valence-corrected chi connectivity index (χ4v) is 3.40. The van der Waals surface area contributed by atoms with Crippen LogP contribution >= 0.6 is 0 Å². The summed E-state index contributed by atoms with van der Waals surface area (Å²) in [6.07, 6.45) is 4.64. The summed E-state index contributed by atoms with van der Waals surface area (Å²) in [6, 6.07) is 6.28. The fourth-order valence-electron chi connectivity index (χ4n) is 3.40. The van der Waals surface area contributed by atoms with Crippen molar-refractivity contribution >= 4 is 5.78 Å². The predicted molar refractivity (Wildman–Crippen MR) is 60.2 cm³/mol. The Kier molecular flexibility index (Phi) is 1.95. The Bertz CT molecular complexity index is 419. The molecule has 78 valence electrons.